The first-order chi connectivity index (χ1) is 15.7. The van der Waals surface area contributed by atoms with Crippen molar-refractivity contribution < 1.29 is 9.53 Å². The molecule has 0 heterocycles. The van der Waals surface area contributed by atoms with Gasteiger partial charge in [0.25, 0.3) is 0 Å². The molecule has 5 aliphatic rings. The third kappa shape index (κ3) is 3.01. The summed E-state index contributed by atoms with van der Waals surface area (Å²) in [4.78, 5) is 11.9. The van der Waals surface area contributed by atoms with Gasteiger partial charge in [-0.1, -0.05) is 53.7 Å². The molecular formula is C32H52O2. The number of carbonyl (C=O) groups excluding carboxylic acids is 1. The largest absolute Gasteiger partial charge is 0.462 e. The molecule has 0 amide bonds. The highest BCUT2D eigenvalue weighted by atomic mass is 16.5. The Morgan fingerprint density at radius 2 is 1.26 bits per heavy atom. The van der Waals surface area contributed by atoms with Crippen LogP contribution in [-0.4, -0.2) is 12.1 Å². The molecule has 5 rings (SSSR count). The highest BCUT2D eigenvalue weighted by Crippen LogP contribution is 2.78. The molecule has 10 atom stereocenters. The smallest absolute Gasteiger partial charge is 0.302 e. The van der Waals surface area contributed by atoms with Crippen molar-refractivity contribution in [2.24, 2.45) is 56.7 Å². The number of rotatable bonds is 2. The van der Waals surface area contributed by atoms with Gasteiger partial charge in [0, 0.05) is 12.3 Å². The van der Waals surface area contributed by atoms with Gasteiger partial charge in [0.2, 0.25) is 0 Å². The average Bonchev–Trinajstić information content (AvgIpc) is 3.08. The van der Waals surface area contributed by atoms with Gasteiger partial charge in [-0.3, -0.25) is 4.79 Å². The number of hydrogen-bond acceptors (Lipinski definition) is 2. The summed E-state index contributed by atoms with van der Waals surface area (Å²) in [6.07, 6.45) is 13.4. The Morgan fingerprint density at radius 3 is 1.85 bits per heavy atom. The van der Waals surface area contributed by atoms with E-state index >= 15 is 0 Å². The number of fused-ring (bicyclic) bond motifs is 7. The van der Waals surface area contributed by atoms with Gasteiger partial charge in [-0.05, 0) is 122 Å². The minimum Gasteiger partial charge on any atom is -0.462 e. The molecule has 5 saturated carbocycles. The molecule has 0 aliphatic heterocycles. The maximum absolute atomic E-state index is 11.9. The maximum atomic E-state index is 11.9. The Bertz CT molecular complexity index is 872. The van der Waals surface area contributed by atoms with Crippen molar-refractivity contribution in [3.8, 4) is 0 Å². The predicted molar refractivity (Wildman–Crippen MR) is 140 cm³/mol. The zero-order valence-electron chi connectivity index (χ0n) is 23.6. The summed E-state index contributed by atoms with van der Waals surface area (Å²) in [5.74, 6) is 3.79. The first kappa shape index (κ1) is 24.9. The third-order valence-electron chi connectivity index (χ3n) is 13.8. The SMILES string of the molecule is C=C(C)[C@H]1CC[C@]2(C)[C@H]3CC[C@@H]4[C@@]5(C)CC[C@H](OC(C)=O)C(C)(C)[C@@H]5CC[C@@]4(C)[C@]3(C)CC[C@@H]12. The van der Waals surface area contributed by atoms with E-state index in [1.165, 1.54) is 63.4 Å². The number of allylic oxidation sites excluding steroid dienone is 1. The van der Waals surface area contributed by atoms with Crippen molar-refractivity contribution in [3.63, 3.8) is 0 Å². The Balaban J connectivity index is 1.48. The van der Waals surface area contributed by atoms with Crippen LogP contribution in [0.2, 0.25) is 0 Å². The maximum Gasteiger partial charge on any atom is 0.302 e. The molecule has 5 aliphatic carbocycles. The van der Waals surface area contributed by atoms with Crippen molar-refractivity contribution >= 4 is 5.97 Å². The first-order valence-corrected chi connectivity index (χ1v) is 14.5. The van der Waals surface area contributed by atoms with E-state index in [9.17, 15) is 4.79 Å². The van der Waals surface area contributed by atoms with E-state index < -0.39 is 0 Å². The zero-order valence-corrected chi connectivity index (χ0v) is 23.6. The number of carbonyl (C=O) groups is 1. The van der Waals surface area contributed by atoms with Crippen LogP contribution in [0.15, 0.2) is 12.2 Å². The highest BCUT2D eigenvalue weighted by Gasteiger charge is 2.71. The van der Waals surface area contributed by atoms with E-state index in [1.807, 2.05) is 0 Å². The second-order valence-electron chi connectivity index (χ2n) is 15.2. The van der Waals surface area contributed by atoms with Gasteiger partial charge >= 0.3 is 5.97 Å². The summed E-state index contributed by atoms with van der Waals surface area (Å²) >= 11 is 0. The highest BCUT2D eigenvalue weighted by molar-refractivity contribution is 5.66. The van der Waals surface area contributed by atoms with Crippen LogP contribution in [0.4, 0.5) is 0 Å². The van der Waals surface area contributed by atoms with E-state index in [1.54, 1.807) is 6.92 Å². The molecule has 0 bridgehead atoms. The molecule has 0 aromatic carbocycles. The quantitative estimate of drug-likeness (QED) is 0.299. The Kier molecular flexibility index (Phi) is 5.57. The molecule has 0 spiro atoms. The molecule has 34 heavy (non-hydrogen) atoms. The van der Waals surface area contributed by atoms with Crippen LogP contribution >= 0.6 is 0 Å². The van der Waals surface area contributed by atoms with Gasteiger partial charge in [0.15, 0.2) is 0 Å². The lowest BCUT2D eigenvalue weighted by Crippen LogP contribution is -2.67. The van der Waals surface area contributed by atoms with Gasteiger partial charge in [-0.25, -0.2) is 0 Å². The monoisotopic (exact) mass is 468 g/mol. The molecular weight excluding hydrogens is 416 g/mol. The molecule has 0 N–H and O–H groups in total. The number of hydrogen-bond donors (Lipinski definition) is 0. The van der Waals surface area contributed by atoms with Crippen molar-refractivity contribution in [3.05, 3.63) is 12.2 Å². The first-order valence-electron chi connectivity index (χ1n) is 14.5. The van der Waals surface area contributed by atoms with E-state index in [0.717, 1.165) is 30.1 Å². The fraction of sp³-hybridized carbons (Fsp3) is 0.906. The van der Waals surface area contributed by atoms with Gasteiger partial charge in [0.1, 0.15) is 6.10 Å². The van der Waals surface area contributed by atoms with Crippen molar-refractivity contribution in [1.29, 1.82) is 0 Å². The van der Waals surface area contributed by atoms with Crippen LogP contribution in [0, 0.1) is 56.7 Å². The van der Waals surface area contributed by atoms with Crippen LogP contribution in [0.5, 0.6) is 0 Å². The summed E-state index contributed by atoms with van der Waals surface area (Å²) in [5.41, 5.74) is 3.21. The van der Waals surface area contributed by atoms with Gasteiger partial charge in [-0.2, -0.15) is 0 Å². The van der Waals surface area contributed by atoms with Crippen LogP contribution in [-0.2, 0) is 9.53 Å². The molecule has 0 unspecified atom stereocenters. The van der Waals surface area contributed by atoms with E-state index in [4.69, 9.17) is 4.74 Å². The summed E-state index contributed by atoms with van der Waals surface area (Å²) < 4.78 is 5.91. The van der Waals surface area contributed by atoms with Crippen LogP contribution in [0.25, 0.3) is 0 Å². The van der Waals surface area contributed by atoms with Gasteiger partial charge in [0.05, 0.1) is 0 Å². The summed E-state index contributed by atoms with van der Waals surface area (Å²) in [5, 5.41) is 0. The topological polar surface area (TPSA) is 26.3 Å². The lowest BCUT2D eigenvalue weighted by Gasteiger charge is -2.73. The lowest BCUT2D eigenvalue weighted by atomic mass is 9.32. The van der Waals surface area contributed by atoms with Crippen molar-refractivity contribution in [2.75, 3.05) is 0 Å². The van der Waals surface area contributed by atoms with Gasteiger partial charge in [-0.15, -0.1) is 0 Å². The Morgan fingerprint density at radius 1 is 0.706 bits per heavy atom. The van der Waals surface area contributed by atoms with Crippen molar-refractivity contribution in [1.82, 2.24) is 0 Å². The van der Waals surface area contributed by atoms with Crippen LogP contribution in [0.3, 0.4) is 0 Å². The standard InChI is InChI=1S/C32H52O2/c1-20(2)22-12-16-29(6)23(22)13-18-31(8)25(29)10-11-26-30(7)17-15-27(34-21(3)33)28(4,5)24(30)14-19-32(26,31)9/h22-27H,1,10-19H2,2-9H3/t22-,23+,24+,25-,26-,27+,29+,30+,31-,32-/m1/s1. The Labute approximate surface area is 210 Å². The minimum atomic E-state index is -0.107. The number of esters is 1. The summed E-state index contributed by atoms with van der Waals surface area (Å²) in [6, 6.07) is 0. The zero-order chi connectivity index (χ0) is 24.9. The average molecular weight is 469 g/mol. The van der Waals surface area contributed by atoms with E-state index in [0.29, 0.717) is 27.6 Å². The molecule has 192 valence electrons. The van der Waals surface area contributed by atoms with Crippen LogP contribution in [0.1, 0.15) is 120 Å². The molecule has 0 radical (unpaired) electrons. The Hall–Kier alpha value is -0.790. The fourth-order valence-electron chi connectivity index (χ4n) is 12.2. The molecule has 0 aromatic rings. The minimum absolute atomic E-state index is 0.0571. The molecule has 0 aromatic heterocycles. The molecule has 0 saturated heterocycles. The van der Waals surface area contributed by atoms with Crippen LogP contribution < -0.4 is 0 Å². The number of ether oxygens (including phenoxy) is 1. The van der Waals surface area contributed by atoms with Gasteiger partial charge < -0.3 is 4.74 Å². The molecule has 2 heteroatoms. The second-order valence-corrected chi connectivity index (χ2v) is 15.2. The third-order valence-corrected chi connectivity index (χ3v) is 13.8. The summed E-state index contributed by atoms with van der Waals surface area (Å²) in [7, 11) is 0. The second kappa shape index (κ2) is 7.61. The summed E-state index contributed by atoms with van der Waals surface area (Å²) in [6.45, 7) is 23.9. The lowest BCUT2D eigenvalue weighted by molar-refractivity contribution is -0.253. The van der Waals surface area contributed by atoms with E-state index in [2.05, 4.69) is 55.0 Å². The molecule has 5 fully saturated rings. The molecule has 2 nitrogen and oxygen atoms in total. The fourth-order valence-corrected chi connectivity index (χ4v) is 12.2. The van der Waals surface area contributed by atoms with Crippen molar-refractivity contribution in [2.45, 2.75) is 126 Å². The normalized spacial score (nSPS) is 53.6. The predicted octanol–water partition coefficient (Wildman–Crippen LogP) is 8.60. The van der Waals surface area contributed by atoms with E-state index in [-0.39, 0.29) is 17.5 Å².